The first kappa shape index (κ1) is 30.3. The number of phenols is 2. The predicted molar refractivity (Wildman–Crippen MR) is 187 cm³/mol. The second kappa shape index (κ2) is 14.4. The highest BCUT2D eigenvalue weighted by molar-refractivity contribution is 5.85. The van der Waals surface area contributed by atoms with Crippen molar-refractivity contribution in [2.24, 2.45) is 5.92 Å². The average Bonchev–Trinajstić information content (AvgIpc) is 3.11. The molecule has 0 aliphatic carbocycles. The standard InChI is InChI=1S/C42H36O4/c1-2-15-30(28-45-39-26-11-9-20-35(39)37-24-13-22-33(41(37)43)31-16-5-3-6-17-31)29-46-40-27-12-10-21-36(40)38-25-14-23-34(42(38)44)32-18-7-4-8-19-32/h2-14,16-27,30,43-44H,1,15,28-29H2. The molecule has 0 saturated carbocycles. The summed E-state index contributed by atoms with van der Waals surface area (Å²) in [4.78, 5) is 0. The summed E-state index contributed by atoms with van der Waals surface area (Å²) in [6.45, 7) is 4.74. The normalized spacial score (nSPS) is 10.9. The van der Waals surface area contributed by atoms with Gasteiger partial charge in [0.25, 0.3) is 0 Å². The molecule has 0 amide bonds. The van der Waals surface area contributed by atoms with Crippen LogP contribution in [-0.2, 0) is 0 Å². The van der Waals surface area contributed by atoms with E-state index in [9.17, 15) is 10.2 Å². The Bertz CT molecular complexity index is 1780. The number of ether oxygens (including phenoxy) is 2. The molecule has 4 heteroatoms. The maximum atomic E-state index is 11.3. The summed E-state index contributed by atoms with van der Waals surface area (Å²) in [5.41, 5.74) is 6.48. The lowest BCUT2D eigenvalue weighted by atomic mass is 9.96. The van der Waals surface area contributed by atoms with Crippen LogP contribution >= 0.6 is 0 Å². The molecule has 0 fully saturated rings. The van der Waals surface area contributed by atoms with Gasteiger partial charge in [-0.2, -0.15) is 0 Å². The van der Waals surface area contributed by atoms with Crippen molar-refractivity contribution >= 4 is 0 Å². The van der Waals surface area contributed by atoms with E-state index in [4.69, 9.17) is 9.47 Å². The highest BCUT2D eigenvalue weighted by Gasteiger charge is 2.18. The molecule has 6 aromatic carbocycles. The highest BCUT2D eigenvalue weighted by Crippen LogP contribution is 2.43. The minimum atomic E-state index is 0.00659. The van der Waals surface area contributed by atoms with Gasteiger partial charge in [-0.25, -0.2) is 0 Å². The Balaban J connectivity index is 1.21. The van der Waals surface area contributed by atoms with Crippen LogP contribution in [0.2, 0.25) is 0 Å². The van der Waals surface area contributed by atoms with Gasteiger partial charge in [0.15, 0.2) is 0 Å². The second-order valence-electron chi connectivity index (χ2n) is 11.1. The van der Waals surface area contributed by atoms with Crippen LogP contribution in [0.4, 0.5) is 0 Å². The van der Waals surface area contributed by atoms with E-state index >= 15 is 0 Å². The Morgan fingerprint density at radius 1 is 0.457 bits per heavy atom. The van der Waals surface area contributed by atoms with Gasteiger partial charge in [0.05, 0.1) is 13.2 Å². The minimum absolute atomic E-state index is 0.00659. The third-order valence-corrected chi connectivity index (χ3v) is 8.05. The lowest BCUT2D eigenvalue weighted by Gasteiger charge is -2.20. The van der Waals surface area contributed by atoms with Crippen molar-refractivity contribution in [1.82, 2.24) is 0 Å². The van der Waals surface area contributed by atoms with Crippen LogP contribution in [0.15, 0.2) is 158 Å². The Kier molecular flexibility index (Phi) is 9.46. The maximum absolute atomic E-state index is 11.3. The summed E-state index contributed by atoms with van der Waals surface area (Å²) in [5, 5.41) is 22.6. The largest absolute Gasteiger partial charge is 0.507 e. The topological polar surface area (TPSA) is 58.9 Å². The third-order valence-electron chi connectivity index (χ3n) is 8.05. The molecule has 0 aliphatic heterocycles. The van der Waals surface area contributed by atoms with Gasteiger partial charge < -0.3 is 19.7 Å². The molecule has 0 unspecified atom stereocenters. The van der Waals surface area contributed by atoms with E-state index < -0.39 is 0 Å². The highest BCUT2D eigenvalue weighted by atomic mass is 16.5. The molecule has 0 atom stereocenters. The first-order valence-corrected chi connectivity index (χ1v) is 15.4. The quantitative estimate of drug-likeness (QED) is 0.136. The van der Waals surface area contributed by atoms with Crippen LogP contribution in [0.25, 0.3) is 44.5 Å². The SMILES string of the molecule is C=CCC(COc1ccccc1-c1cccc(-c2ccccc2)c1O)COc1ccccc1-c1cccc(-c2ccccc2)c1O. The Morgan fingerprint density at radius 2 is 0.826 bits per heavy atom. The molecular weight excluding hydrogens is 568 g/mol. The average molecular weight is 605 g/mol. The van der Waals surface area contributed by atoms with Gasteiger partial charge in [0, 0.05) is 39.3 Å². The van der Waals surface area contributed by atoms with Crippen molar-refractivity contribution < 1.29 is 19.7 Å². The lowest BCUT2D eigenvalue weighted by molar-refractivity contribution is 0.179. The Hall–Kier alpha value is -5.74. The fourth-order valence-electron chi connectivity index (χ4n) is 5.69. The monoisotopic (exact) mass is 604 g/mol. The van der Waals surface area contributed by atoms with Crippen LogP contribution in [-0.4, -0.2) is 23.4 Å². The summed E-state index contributed by atoms with van der Waals surface area (Å²) in [6.07, 6.45) is 2.56. The van der Waals surface area contributed by atoms with Crippen LogP contribution in [0.1, 0.15) is 6.42 Å². The molecule has 46 heavy (non-hydrogen) atoms. The van der Waals surface area contributed by atoms with E-state index in [2.05, 4.69) is 6.58 Å². The van der Waals surface area contributed by atoms with Gasteiger partial charge in [-0.15, -0.1) is 6.58 Å². The third kappa shape index (κ3) is 6.67. The fraction of sp³-hybridized carbons (Fsp3) is 0.0952. The maximum Gasteiger partial charge on any atom is 0.131 e. The molecule has 6 aromatic rings. The summed E-state index contributed by atoms with van der Waals surface area (Å²) >= 11 is 0. The zero-order chi connectivity index (χ0) is 31.7. The van der Waals surface area contributed by atoms with Crippen molar-refractivity contribution in [1.29, 1.82) is 0 Å². The summed E-state index contributed by atoms with van der Waals surface area (Å²) in [6, 6.07) is 46.8. The number of aromatic hydroxyl groups is 2. The molecule has 0 bridgehead atoms. The van der Waals surface area contributed by atoms with Crippen molar-refractivity contribution in [2.45, 2.75) is 6.42 Å². The van der Waals surface area contributed by atoms with E-state index in [-0.39, 0.29) is 17.4 Å². The van der Waals surface area contributed by atoms with Gasteiger partial charge in [-0.1, -0.05) is 140 Å². The number of allylic oxidation sites excluding steroid dienone is 1. The number of para-hydroxylation sites is 4. The first-order chi connectivity index (χ1) is 22.6. The van der Waals surface area contributed by atoms with Crippen LogP contribution < -0.4 is 9.47 Å². The molecule has 0 aliphatic rings. The van der Waals surface area contributed by atoms with E-state index in [0.717, 1.165) is 33.4 Å². The Morgan fingerprint density at radius 3 is 1.26 bits per heavy atom. The molecule has 0 radical (unpaired) electrons. The molecular formula is C42H36O4. The molecule has 0 aromatic heterocycles. The van der Waals surface area contributed by atoms with E-state index in [1.54, 1.807) is 0 Å². The van der Waals surface area contributed by atoms with E-state index in [1.165, 1.54) is 0 Å². The van der Waals surface area contributed by atoms with Gasteiger partial charge in [-0.3, -0.25) is 0 Å². The molecule has 2 N–H and O–H groups in total. The molecule has 0 saturated heterocycles. The zero-order valence-electron chi connectivity index (χ0n) is 25.6. The van der Waals surface area contributed by atoms with E-state index in [0.29, 0.717) is 42.3 Å². The number of benzene rings is 6. The number of hydrogen-bond donors (Lipinski definition) is 2. The second-order valence-corrected chi connectivity index (χ2v) is 11.1. The van der Waals surface area contributed by atoms with Crippen LogP contribution in [0, 0.1) is 5.92 Å². The number of rotatable bonds is 12. The van der Waals surface area contributed by atoms with Gasteiger partial charge >= 0.3 is 0 Å². The van der Waals surface area contributed by atoms with Gasteiger partial charge in [-0.05, 0) is 29.7 Å². The smallest absolute Gasteiger partial charge is 0.131 e. The predicted octanol–water partition coefficient (Wildman–Crippen LogP) is 10.4. The summed E-state index contributed by atoms with van der Waals surface area (Å²) in [7, 11) is 0. The van der Waals surface area contributed by atoms with Crippen LogP contribution in [0.5, 0.6) is 23.0 Å². The number of phenolic OH excluding ortho intramolecular Hbond substituents is 2. The van der Waals surface area contributed by atoms with Crippen molar-refractivity contribution in [3.63, 3.8) is 0 Å². The first-order valence-electron chi connectivity index (χ1n) is 15.4. The zero-order valence-corrected chi connectivity index (χ0v) is 25.6. The minimum Gasteiger partial charge on any atom is -0.507 e. The molecule has 228 valence electrons. The number of hydrogen-bond acceptors (Lipinski definition) is 4. The van der Waals surface area contributed by atoms with Crippen molar-refractivity contribution in [3.8, 4) is 67.5 Å². The lowest BCUT2D eigenvalue weighted by Crippen LogP contribution is -2.19. The molecule has 6 rings (SSSR count). The summed E-state index contributed by atoms with van der Waals surface area (Å²) < 4.78 is 12.8. The molecule has 4 nitrogen and oxygen atoms in total. The Labute approximate surface area is 270 Å². The van der Waals surface area contributed by atoms with Crippen molar-refractivity contribution in [2.75, 3.05) is 13.2 Å². The van der Waals surface area contributed by atoms with Crippen LogP contribution in [0.3, 0.4) is 0 Å². The summed E-state index contributed by atoms with van der Waals surface area (Å²) in [5.74, 6) is 1.80. The molecule has 0 spiro atoms. The van der Waals surface area contributed by atoms with Gasteiger partial charge in [0.1, 0.15) is 23.0 Å². The molecule has 0 heterocycles. The van der Waals surface area contributed by atoms with Gasteiger partial charge in [0.2, 0.25) is 0 Å². The van der Waals surface area contributed by atoms with Crippen molar-refractivity contribution in [3.05, 3.63) is 158 Å². The fourth-order valence-corrected chi connectivity index (χ4v) is 5.69. The van der Waals surface area contributed by atoms with E-state index in [1.807, 2.05) is 152 Å².